The number of hydrogen-bond donors (Lipinski definition) is 1. The average molecular weight is 405 g/mol. The first-order valence-electron chi connectivity index (χ1n) is 12.2. The highest BCUT2D eigenvalue weighted by molar-refractivity contribution is 5.36. The van der Waals surface area contributed by atoms with Gasteiger partial charge >= 0.3 is 0 Å². The van der Waals surface area contributed by atoms with E-state index in [9.17, 15) is 5.11 Å². The van der Waals surface area contributed by atoms with Crippen LogP contribution in [0.25, 0.3) is 5.69 Å². The Bertz CT molecular complexity index is 962. The van der Waals surface area contributed by atoms with E-state index in [0.29, 0.717) is 5.41 Å². The second-order valence-corrected chi connectivity index (χ2v) is 11.6. The SMILES string of the molecule is Cc1ccc(-n2cc3c(n2)C[C@@H]2CC[C@@H]4[C@H](CC[C@]5(C)[C@@H](O)CC[C@@H]45)[C@@]2(C)C3)cc1. The molecular formula is C27H36N2O. The van der Waals surface area contributed by atoms with Crippen LogP contribution >= 0.6 is 0 Å². The van der Waals surface area contributed by atoms with Gasteiger partial charge in [-0.3, -0.25) is 0 Å². The second-order valence-electron chi connectivity index (χ2n) is 11.6. The van der Waals surface area contributed by atoms with Crippen molar-refractivity contribution in [3.05, 3.63) is 47.3 Å². The molecule has 3 saturated carbocycles. The standard InChI is InChI=1S/C27H36N2O/c1-17-4-7-20(8-5-17)29-16-18-15-27(3)19(14-24(18)28-29)6-9-21-22-10-11-25(30)26(22,2)13-12-23(21)27/h4-5,7-8,16,19,21-23,25,30H,6,9-15H2,1-3H3/t19-,21-,22-,23-,25-,26-,27-/m0/s1. The summed E-state index contributed by atoms with van der Waals surface area (Å²) < 4.78 is 2.12. The molecule has 4 aliphatic carbocycles. The van der Waals surface area contributed by atoms with E-state index in [0.717, 1.165) is 36.5 Å². The van der Waals surface area contributed by atoms with Crippen molar-refractivity contribution in [1.29, 1.82) is 0 Å². The number of aryl methyl sites for hydroxylation is 1. The Balaban J connectivity index is 1.32. The Morgan fingerprint density at radius 1 is 0.967 bits per heavy atom. The molecule has 7 atom stereocenters. The number of aliphatic hydroxyl groups is 1. The molecule has 3 heteroatoms. The van der Waals surface area contributed by atoms with Crippen molar-refractivity contribution in [2.75, 3.05) is 0 Å². The number of aliphatic hydroxyl groups excluding tert-OH is 1. The summed E-state index contributed by atoms with van der Waals surface area (Å²) >= 11 is 0. The lowest BCUT2D eigenvalue weighted by molar-refractivity contribution is -0.111. The van der Waals surface area contributed by atoms with Crippen LogP contribution in [0.4, 0.5) is 0 Å². The number of rotatable bonds is 1. The van der Waals surface area contributed by atoms with Crippen molar-refractivity contribution >= 4 is 0 Å². The van der Waals surface area contributed by atoms with Crippen LogP contribution in [-0.4, -0.2) is 21.0 Å². The molecule has 0 amide bonds. The summed E-state index contributed by atoms with van der Waals surface area (Å²) in [5.74, 6) is 3.13. The molecule has 1 aromatic carbocycles. The molecule has 1 N–H and O–H groups in total. The van der Waals surface area contributed by atoms with Gasteiger partial charge in [0.1, 0.15) is 0 Å². The fourth-order valence-corrected chi connectivity index (χ4v) is 8.36. The van der Waals surface area contributed by atoms with E-state index >= 15 is 0 Å². The first-order chi connectivity index (χ1) is 14.4. The predicted octanol–water partition coefficient (Wildman–Crippen LogP) is 5.50. The molecule has 2 aromatic rings. The average Bonchev–Trinajstić information content (AvgIpc) is 3.26. The molecule has 4 aliphatic rings. The number of nitrogens with zero attached hydrogens (tertiary/aromatic N) is 2. The number of fused-ring (bicyclic) bond motifs is 6. The van der Waals surface area contributed by atoms with E-state index in [1.165, 1.54) is 61.0 Å². The fourth-order valence-electron chi connectivity index (χ4n) is 8.36. The minimum atomic E-state index is -0.0697. The molecule has 160 valence electrons. The van der Waals surface area contributed by atoms with Crippen LogP contribution in [0.15, 0.2) is 30.5 Å². The molecule has 0 saturated heterocycles. The predicted molar refractivity (Wildman–Crippen MR) is 120 cm³/mol. The topological polar surface area (TPSA) is 38.0 Å². The van der Waals surface area contributed by atoms with Crippen molar-refractivity contribution in [3.8, 4) is 5.69 Å². The number of benzene rings is 1. The van der Waals surface area contributed by atoms with Gasteiger partial charge in [-0.2, -0.15) is 5.10 Å². The van der Waals surface area contributed by atoms with E-state index < -0.39 is 0 Å². The highest BCUT2D eigenvalue weighted by Crippen LogP contribution is 2.65. The third-order valence-electron chi connectivity index (χ3n) is 10.2. The van der Waals surface area contributed by atoms with E-state index in [-0.39, 0.29) is 11.5 Å². The largest absolute Gasteiger partial charge is 0.393 e. The highest BCUT2D eigenvalue weighted by Gasteiger charge is 2.60. The molecule has 3 nitrogen and oxygen atoms in total. The highest BCUT2D eigenvalue weighted by atomic mass is 16.3. The maximum absolute atomic E-state index is 10.7. The Kier molecular flexibility index (Phi) is 4.11. The Morgan fingerprint density at radius 2 is 1.73 bits per heavy atom. The number of aromatic nitrogens is 2. The van der Waals surface area contributed by atoms with Crippen LogP contribution in [-0.2, 0) is 12.8 Å². The summed E-state index contributed by atoms with van der Waals surface area (Å²) in [6, 6.07) is 8.73. The van der Waals surface area contributed by atoms with Crippen molar-refractivity contribution in [2.24, 2.45) is 34.5 Å². The van der Waals surface area contributed by atoms with Gasteiger partial charge in [-0.25, -0.2) is 4.68 Å². The van der Waals surface area contributed by atoms with Crippen LogP contribution < -0.4 is 0 Å². The maximum Gasteiger partial charge on any atom is 0.0664 e. The molecule has 1 heterocycles. The van der Waals surface area contributed by atoms with Crippen LogP contribution in [0.3, 0.4) is 0 Å². The van der Waals surface area contributed by atoms with Gasteiger partial charge < -0.3 is 5.11 Å². The molecule has 0 spiro atoms. The first-order valence-corrected chi connectivity index (χ1v) is 12.2. The summed E-state index contributed by atoms with van der Waals surface area (Å²) in [6.45, 7) is 7.14. The van der Waals surface area contributed by atoms with E-state index in [1.54, 1.807) is 0 Å². The lowest BCUT2D eigenvalue weighted by Gasteiger charge is -2.59. The summed E-state index contributed by atoms with van der Waals surface area (Å²) in [4.78, 5) is 0. The normalized spacial score (nSPS) is 42.2. The maximum atomic E-state index is 10.7. The Morgan fingerprint density at radius 3 is 2.53 bits per heavy atom. The van der Waals surface area contributed by atoms with Gasteiger partial charge in [0.25, 0.3) is 0 Å². The van der Waals surface area contributed by atoms with Gasteiger partial charge in [-0.1, -0.05) is 31.5 Å². The van der Waals surface area contributed by atoms with Gasteiger partial charge in [0.2, 0.25) is 0 Å². The summed E-state index contributed by atoms with van der Waals surface area (Å²) in [7, 11) is 0. The Hall–Kier alpha value is -1.61. The van der Waals surface area contributed by atoms with Crippen molar-refractivity contribution < 1.29 is 5.11 Å². The summed E-state index contributed by atoms with van der Waals surface area (Å²) in [6.07, 6.45) is 12.1. The van der Waals surface area contributed by atoms with Gasteiger partial charge in [0.15, 0.2) is 0 Å². The van der Waals surface area contributed by atoms with Crippen molar-refractivity contribution in [1.82, 2.24) is 9.78 Å². The molecule has 6 rings (SSSR count). The zero-order valence-corrected chi connectivity index (χ0v) is 18.8. The van der Waals surface area contributed by atoms with Crippen LogP contribution in [0, 0.1) is 41.4 Å². The minimum Gasteiger partial charge on any atom is -0.393 e. The van der Waals surface area contributed by atoms with Gasteiger partial charge in [-0.05, 0) is 110 Å². The van der Waals surface area contributed by atoms with Crippen LogP contribution in [0.5, 0.6) is 0 Å². The third-order valence-corrected chi connectivity index (χ3v) is 10.2. The Labute approximate surface area is 180 Å². The van der Waals surface area contributed by atoms with Crippen molar-refractivity contribution in [3.63, 3.8) is 0 Å². The molecule has 0 bridgehead atoms. The van der Waals surface area contributed by atoms with E-state index in [1.807, 2.05) is 0 Å². The second kappa shape index (κ2) is 6.45. The number of hydrogen-bond acceptors (Lipinski definition) is 2. The molecule has 30 heavy (non-hydrogen) atoms. The molecule has 1 aromatic heterocycles. The molecular weight excluding hydrogens is 368 g/mol. The van der Waals surface area contributed by atoms with Crippen molar-refractivity contribution in [2.45, 2.75) is 78.2 Å². The first kappa shape index (κ1) is 19.1. The quantitative estimate of drug-likeness (QED) is 0.681. The fraction of sp³-hybridized carbons (Fsp3) is 0.667. The molecule has 0 unspecified atom stereocenters. The molecule has 0 aliphatic heterocycles. The molecule has 3 fully saturated rings. The lowest BCUT2D eigenvalue weighted by atomic mass is 9.45. The van der Waals surface area contributed by atoms with Gasteiger partial charge in [0, 0.05) is 6.20 Å². The van der Waals surface area contributed by atoms with E-state index in [2.05, 4.69) is 55.9 Å². The van der Waals surface area contributed by atoms with Gasteiger partial charge in [0.05, 0.1) is 17.5 Å². The molecule has 0 radical (unpaired) electrons. The third kappa shape index (κ3) is 2.57. The minimum absolute atomic E-state index is 0.0697. The zero-order valence-electron chi connectivity index (χ0n) is 18.8. The van der Waals surface area contributed by atoms with Crippen LogP contribution in [0.2, 0.25) is 0 Å². The summed E-state index contributed by atoms with van der Waals surface area (Å²) in [5.41, 5.74) is 5.87. The lowest BCUT2D eigenvalue weighted by Crippen LogP contribution is -2.54. The van der Waals surface area contributed by atoms with Crippen LogP contribution in [0.1, 0.15) is 69.2 Å². The zero-order chi connectivity index (χ0) is 20.7. The smallest absolute Gasteiger partial charge is 0.0664 e. The summed E-state index contributed by atoms with van der Waals surface area (Å²) in [5, 5.41) is 15.8. The van der Waals surface area contributed by atoms with Gasteiger partial charge in [-0.15, -0.1) is 0 Å². The van der Waals surface area contributed by atoms with E-state index in [4.69, 9.17) is 5.10 Å². The monoisotopic (exact) mass is 404 g/mol.